The predicted octanol–water partition coefficient (Wildman–Crippen LogP) is 4.47. The monoisotopic (exact) mass is 548 g/mol. The number of anilines is 1. The number of carbonyl (C=O) groups excluding carboxylic acids is 4. The summed E-state index contributed by atoms with van der Waals surface area (Å²) in [7, 11) is 0. The molecule has 10 heteroatoms. The second kappa shape index (κ2) is 9.32. The molecule has 3 aromatic carbocycles. The van der Waals surface area contributed by atoms with Crippen LogP contribution in [0, 0.1) is 11.8 Å². The fourth-order valence-electron chi connectivity index (χ4n) is 6.42. The molecular weight excluding hydrogens is 525 g/mol. The smallest absolute Gasteiger partial charge is 0.416 e. The lowest BCUT2D eigenvalue weighted by Crippen LogP contribution is -2.45. The third kappa shape index (κ3) is 3.97. The molecule has 3 atom stereocenters. The number of amides is 3. The van der Waals surface area contributed by atoms with E-state index in [4.69, 9.17) is 4.74 Å². The SMILES string of the molecule is C[C@H](C(=O)OCC(=O)Nc1cccc(C(F)(F)F)c1)N1C(=O)[C@H]2C3c4ccccc4C(c4ccccc43)[C@@H]2C1=O. The average Bonchev–Trinajstić information content (AvgIpc) is 3.21. The predicted molar refractivity (Wildman–Crippen MR) is 136 cm³/mol. The van der Waals surface area contributed by atoms with Gasteiger partial charge in [-0.3, -0.25) is 19.3 Å². The molecule has 204 valence electrons. The minimum atomic E-state index is -4.59. The second-order valence-corrected chi connectivity index (χ2v) is 10.2. The first-order chi connectivity index (χ1) is 19.1. The van der Waals surface area contributed by atoms with Crippen molar-refractivity contribution in [1.29, 1.82) is 0 Å². The maximum Gasteiger partial charge on any atom is 0.416 e. The van der Waals surface area contributed by atoms with Crippen LogP contribution < -0.4 is 5.32 Å². The third-order valence-electron chi connectivity index (χ3n) is 8.03. The molecule has 3 amide bonds. The Morgan fingerprint density at radius 3 is 1.82 bits per heavy atom. The fourth-order valence-corrected chi connectivity index (χ4v) is 6.42. The van der Waals surface area contributed by atoms with Crippen molar-refractivity contribution in [2.24, 2.45) is 11.8 Å². The first-order valence-electron chi connectivity index (χ1n) is 12.8. The minimum Gasteiger partial charge on any atom is -0.454 e. The van der Waals surface area contributed by atoms with Crippen LogP contribution in [-0.2, 0) is 30.1 Å². The highest BCUT2D eigenvalue weighted by atomic mass is 19.4. The van der Waals surface area contributed by atoms with Crippen molar-refractivity contribution >= 4 is 29.4 Å². The van der Waals surface area contributed by atoms with E-state index in [1.165, 1.54) is 13.0 Å². The number of nitrogens with one attached hydrogen (secondary N) is 1. The van der Waals surface area contributed by atoms with Crippen LogP contribution in [0.1, 0.15) is 46.6 Å². The van der Waals surface area contributed by atoms with E-state index in [-0.39, 0.29) is 17.5 Å². The topological polar surface area (TPSA) is 92.8 Å². The lowest BCUT2D eigenvalue weighted by molar-refractivity contribution is -0.159. The highest BCUT2D eigenvalue weighted by molar-refractivity contribution is 6.10. The van der Waals surface area contributed by atoms with Crippen LogP contribution in [0.3, 0.4) is 0 Å². The number of ether oxygens (including phenoxy) is 1. The van der Waals surface area contributed by atoms with Gasteiger partial charge in [0.2, 0.25) is 11.8 Å². The number of hydrogen-bond donors (Lipinski definition) is 1. The molecule has 7 rings (SSSR count). The van der Waals surface area contributed by atoms with Crippen LogP contribution in [0.15, 0.2) is 72.8 Å². The van der Waals surface area contributed by atoms with Gasteiger partial charge in [-0.1, -0.05) is 54.6 Å². The molecule has 0 spiro atoms. The third-order valence-corrected chi connectivity index (χ3v) is 8.03. The lowest BCUT2D eigenvalue weighted by atomic mass is 9.55. The standard InChI is InChI=1S/C30H23F3N2O5/c1-15(29(39)40-14-22(36)34-17-8-6-7-16(13-17)30(31,32)33)35-27(37)25-23-18-9-2-3-10-19(18)24(26(25)28(35)38)21-12-5-4-11-20(21)23/h2-13,15,23-26H,14H2,1H3,(H,34,36)/t15-,23?,24?,25+,26+/m1/s1. The molecule has 0 radical (unpaired) electrons. The molecule has 3 aliphatic carbocycles. The Morgan fingerprint density at radius 1 is 0.850 bits per heavy atom. The largest absolute Gasteiger partial charge is 0.454 e. The Kier molecular flexibility index (Phi) is 6.01. The summed E-state index contributed by atoms with van der Waals surface area (Å²) in [4.78, 5) is 53.6. The molecule has 4 aliphatic rings. The van der Waals surface area contributed by atoms with Crippen LogP contribution in [0.5, 0.6) is 0 Å². The van der Waals surface area contributed by atoms with Gasteiger partial charge in [-0.25, -0.2) is 4.79 Å². The molecule has 40 heavy (non-hydrogen) atoms. The number of imide groups is 1. The summed E-state index contributed by atoms with van der Waals surface area (Å²) in [5.74, 6) is -4.75. The molecule has 1 saturated heterocycles. The molecule has 2 bridgehead atoms. The summed E-state index contributed by atoms with van der Waals surface area (Å²) in [5, 5.41) is 2.25. The second-order valence-electron chi connectivity index (χ2n) is 10.2. The number of nitrogens with zero attached hydrogens (tertiary/aromatic N) is 1. The Hall–Kier alpha value is -4.47. The van der Waals surface area contributed by atoms with Crippen molar-refractivity contribution in [3.63, 3.8) is 0 Å². The van der Waals surface area contributed by atoms with Crippen LogP contribution in [0.25, 0.3) is 0 Å². The van der Waals surface area contributed by atoms with Crippen LogP contribution in [-0.4, -0.2) is 41.2 Å². The summed E-state index contributed by atoms with van der Waals surface area (Å²) in [6.07, 6.45) is -4.59. The van der Waals surface area contributed by atoms with Crippen molar-refractivity contribution in [3.8, 4) is 0 Å². The van der Waals surface area contributed by atoms with E-state index >= 15 is 0 Å². The average molecular weight is 549 g/mol. The number of hydrogen-bond acceptors (Lipinski definition) is 5. The molecule has 7 nitrogen and oxygen atoms in total. The number of likely N-dealkylation sites (tertiary alicyclic amines) is 1. The van der Waals surface area contributed by atoms with Crippen LogP contribution in [0.2, 0.25) is 0 Å². The first-order valence-corrected chi connectivity index (χ1v) is 12.8. The number of esters is 1. The van der Waals surface area contributed by atoms with Crippen molar-refractivity contribution < 1.29 is 37.1 Å². The van der Waals surface area contributed by atoms with E-state index in [0.29, 0.717) is 0 Å². The quantitative estimate of drug-likeness (QED) is 0.375. The fraction of sp³-hybridized carbons (Fsp3) is 0.267. The van der Waals surface area contributed by atoms with Gasteiger partial charge in [-0.2, -0.15) is 13.2 Å². The van der Waals surface area contributed by atoms with Gasteiger partial charge < -0.3 is 10.1 Å². The Morgan fingerprint density at radius 2 is 1.35 bits per heavy atom. The summed E-state index contributed by atoms with van der Waals surface area (Å²) in [6, 6.07) is 18.2. The highest BCUT2D eigenvalue weighted by Gasteiger charge is 2.62. The van der Waals surface area contributed by atoms with E-state index in [2.05, 4.69) is 5.32 Å². The van der Waals surface area contributed by atoms with E-state index in [1.54, 1.807) is 0 Å². The molecule has 1 N–H and O–H groups in total. The van der Waals surface area contributed by atoms with Crippen molar-refractivity contribution in [1.82, 2.24) is 4.90 Å². The van der Waals surface area contributed by atoms with E-state index in [1.807, 2.05) is 48.5 Å². The van der Waals surface area contributed by atoms with Crippen LogP contribution >= 0.6 is 0 Å². The molecule has 0 unspecified atom stereocenters. The van der Waals surface area contributed by atoms with Gasteiger partial charge in [0.15, 0.2) is 6.61 Å². The molecule has 1 fully saturated rings. The summed E-state index contributed by atoms with van der Waals surface area (Å²) in [6.45, 7) is 0.562. The minimum absolute atomic E-state index is 0.118. The number of alkyl halides is 3. The van der Waals surface area contributed by atoms with E-state index < -0.39 is 59.9 Å². The molecule has 0 saturated carbocycles. The number of carbonyl (C=O) groups is 4. The summed E-state index contributed by atoms with van der Waals surface area (Å²) < 4.78 is 43.9. The number of rotatable bonds is 5. The molecule has 0 aromatic heterocycles. The molecule has 3 aromatic rings. The van der Waals surface area contributed by atoms with Gasteiger partial charge in [0.1, 0.15) is 6.04 Å². The summed E-state index contributed by atoms with van der Waals surface area (Å²) >= 11 is 0. The lowest BCUT2D eigenvalue weighted by Gasteiger charge is -2.45. The first kappa shape index (κ1) is 25.8. The zero-order valence-corrected chi connectivity index (χ0v) is 21.1. The van der Waals surface area contributed by atoms with Crippen molar-refractivity contribution in [3.05, 3.63) is 101 Å². The van der Waals surface area contributed by atoms with E-state index in [9.17, 15) is 32.3 Å². The zero-order valence-electron chi connectivity index (χ0n) is 21.1. The van der Waals surface area contributed by atoms with Crippen molar-refractivity contribution in [2.45, 2.75) is 31.0 Å². The van der Waals surface area contributed by atoms with Gasteiger partial charge in [-0.05, 0) is 47.4 Å². The maximum absolute atomic E-state index is 13.7. The summed E-state index contributed by atoms with van der Waals surface area (Å²) in [5.41, 5.74) is 2.93. The molecular formula is C30H23F3N2O5. The Balaban J connectivity index is 1.18. The van der Waals surface area contributed by atoms with Crippen LogP contribution in [0.4, 0.5) is 18.9 Å². The number of halogens is 3. The van der Waals surface area contributed by atoms with Crippen molar-refractivity contribution in [2.75, 3.05) is 11.9 Å². The highest BCUT2D eigenvalue weighted by Crippen LogP contribution is 2.61. The van der Waals surface area contributed by atoms with Gasteiger partial charge in [0.25, 0.3) is 5.91 Å². The van der Waals surface area contributed by atoms with E-state index in [0.717, 1.165) is 45.4 Å². The Bertz CT molecular complexity index is 1450. The number of benzene rings is 3. The molecule has 1 aliphatic heterocycles. The zero-order chi connectivity index (χ0) is 28.3. The van der Waals surface area contributed by atoms with Gasteiger partial charge in [0, 0.05) is 17.5 Å². The molecule has 1 heterocycles. The van der Waals surface area contributed by atoms with Gasteiger partial charge >= 0.3 is 12.1 Å². The maximum atomic E-state index is 13.7. The van der Waals surface area contributed by atoms with Gasteiger partial charge in [-0.15, -0.1) is 0 Å². The normalized spacial score (nSPS) is 23.2. The van der Waals surface area contributed by atoms with Gasteiger partial charge in [0.05, 0.1) is 17.4 Å². The Labute approximate surface area is 226 Å².